The minimum atomic E-state index is -0.472. The van der Waals surface area contributed by atoms with Crippen molar-refractivity contribution in [3.63, 3.8) is 0 Å². The van der Waals surface area contributed by atoms with E-state index >= 15 is 0 Å². The summed E-state index contributed by atoms with van der Waals surface area (Å²) in [5.74, 6) is 0.833. The van der Waals surface area contributed by atoms with Crippen molar-refractivity contribution in [1.29, 1.82) is 0 Å². The number of allylic oxidation sites excluding steroid dienone is 1. The molecule has 0 radical (unpaired) electrons. The predicted octanol–water partition coefficient (Wildman–Crippen LogP) is 5.40. The molecule has 32 heavy (non-hydrogen) atoms. The fraction of sp³-hybridized carbons (Fsp3) is 0.261. The first-order chi connectivity index (χ1) is 15.3. The lowest BCUT2D eigenvalue weighted by Crippen LogP contribution is -2.30. The van der Waals surface area contributed by atoms with Gasteiger partial charge < -0.3 is 14.8 Å². The van der Waals surface area contributed by atoms with E-state index in [9.17, 15) is 4.79 Å². The number of aromatic nitrogens is 3. The fourth-order valence-electron chi connectivity index (χ4n) is 3.49. The molecule has 0 saturated carbocycles. The molecule has 1 aliphatic heterocycles. The minimum Gasteiger partial charge on any atom is -0.489 e. The van der Waals surface area contributed by atoms with Gasteiger partial charge in [0.05, 0.1) is 11.7 Å². The smallest absolute Gasteiger partial charge is 0.338 e. The molecule has 0 bridgehead atoms. The Morgan fingerprint density at radius 3 is 2.62 bits per heavy atom. The predicted molar refractivity (Wildman–Crippen MR) is 123 cm³/mol. The van der Waals surface area contributed by atoms with Gasteiger partial charge in [-0.15, -0.1) is 0 Å². The third-order valence-electron chi connectivity index (χ3n) is 4.96. The molecular weight excluding hydrogens is 451 g/mol. The van der Waals surface area contributed by atoms with Crippen LogP contribution < -0.4 is 10.1 Å². The lowest BCUT2D eigenvalue weighted by molar-refractivity contribution is -0.143. The molecule has 0 saturated heterocycles. The molecule has 0 amide bonds. The van der Waals surface area contributed by atoms with Gasteiger partial charge in [-0.05, 0) is 50.6 Å². The maximum absolute atomic E-state index is 12.9. The Balaban J connectivity index is 1.59. The van der Waals surface area contributed by atoms with E-state index in [1.165, 1.54) is 6.33 Å². The van der Waals surface area contributed by atoms with E-state index in [2.05, 4.69) is 15.4 Å². The molecule has 7 nitrogen and oxygen atoms in total. The summed E-state index contributed by atoms with van der Waals surface area (Å²) >= 11 is 12.2. The van der Waals surface area contributed by atoms with Crippen molar-refractivity contribution >= 4 is 35.1 Å². The summed E-state index contributed by atoms with van der Waals surface area (Å²) in [4.78, 5) is 17.1. The number of fused-ring (bicyclic) bond motifs is 1. The Morgan fingerprint density at radius 1 is 1.19 bits per heavy atom. The Kier molecular flexibility index (Phi) is 6.39. The highest BCUT2D eigenvalue weighted by atomic mass is 35.5. The first-order valence-electron chi connectivity index (χ1n) is 10.1. The quantitative estimate of drug-likeness (QED) is 0.483. The summed E-state index contributed by atoms with van der Waals surface area (Å²) in [5.41, 5.74) is 2.85. The van der Waals surface area contributed by atoms with E-state index in [0.29, 0.717) is 39.6 Å². The molecule has 1 aromatic heterocycles. The fourth-order valence-corrected chi connectivity index (χ4v) is 3.95. The number of esters is 1. The second-order valence-electron chi connectivity index (χ2n) is 7.64. The third-order valence-corrected chi connectivity index (χ3v) is 5.55. The minimum absolute atomic E-state index is 0.240. The summed E-state index contributed by atoms with van der Waals surface area (Å²) in [6.45, 7) is 5.77. The topological polar surface area (TPSA) is 78.3 Å². The zero-order valence-corrected chi connectivity index (χ0v) is 19.3. The van der Waals surface area contributed by atoms with Crippen LogP contribution in [0, 0.1) is 0 Å². The van der Waals surface area contributed by atoms with Gasteiger partial charge >= 0.3 is 5.97 Å². The number of carbonyl (C=O) groups excluding carboxylic acids is 1. The second kappa shape index (κ2) is 9.22. The lowest BCUT2D eigenvalue weighted by atomic mass is 9.95. The van der Waals surface area contributed by atoms with Gasteiger partial charge in [0, 0.05) is 21.3 Å². The van der Waals surface area contributed by atoms with Crippen molar-refractivity contribution in [1.82, 2.24) is 14.8 Å². The molecule has 9 heteroatoms. The Morgan fingerprint density at radius 2 is 1.94 bits per heavy atom. The zero-order chi connectivity index (χ0) is 22.8. The standard InChI is InChI=1S/C23H22Cl2N4O3/c1-13(2)32-22(30)20-14(3)28-23-26-12-27-29(23)21(20)15-5-8-18(9-6-15)31-11-16-4-7-17(24)10-19(16)25/h4-10,12-13,21H,11H2,1-3H3,(H,26,27,28). The van der Waals surface area contributed by atoms with E-state index in [-0.39, 0.29) is 6.10 Å². The van der Waals surface area contributed by atoms with Crippen LogP contribution in [0.15, 0.2) is 60.1 Å². The van der Waals surface area contributed by atoms with Gasteiger partial charge in [-0.3, -0.25) is 0 Å². The van der Waals surface area contributed by atoms with Crippen LogP contribution in [0.25, 0.3) is 0 Å². The van der Waals surface area contributed by atoms with Gasteiger partial charge in [-0.2, -0.15) is 10.1 Å². The van der Waals surface area contributed by atoms with Crippen molar-refractivity contribution in [2.75, 3.05) is 5.32 Å². The Hall–Kier alpha value is -3.03. The molecule has 1 atom stereocenters. The van der Waals surface area contributed by atoms with E-state index in [4.69, 9.17) is 32.7 Å². The Labute approximate surface area is 196 Å². The molecule has 1 N–H and O–H groups in total. The van der Waals surface area contributed by atoms with Crippen molar-refractivity contribution in [2.24, 2.45) is 0 Å². The van der Waals surface area contributed by atoms with Gasteiger partial charge in [-0.25, -0.2) is 9.48 Å². The van der Waals surface area contributed by atoms with Crippen molar-refractivity contribution in [3.05, 3.63) is 81.2 Å². The van der Waals surface area contributed by atoms with Crippen LogP contribution in [0.4, 0.5) is 5.95 Å². The van der Waals surface area contributed by atoms with E-state index in [0.717, 1.165) is 11.1 Å². The molecule has 4 rings (SSSR count). The summed E-state index contributed by atoms with van der Waals surface area (Å²) in [5, 5.41) is 8.57. The van der Waals surface area contributed by atoms with Crippen LogP contribution in [0.5, 0.6) is 5.75 Å². The van der Waals surface area contributed by atoms with E-state index in [1.807, 2.05) is 51.1 Å². The molecule has 0 spiro atoms. The average Bonchev–Trinajstić information content (AvgIpc) is 3.20. The van der Waals surface area contributed by atoms with Crippen molar-refractivity contribution in [3.8, 4) is 5.75 Å². The summed E-state index contributed by atoms with van der Waals surface area (Å²) < 4.78 is 13.0. The average molecular weight is 473 g/mol. The molecule has 166 valence electrons. The van der Waals surface area contributed by atoms with Gasteiger partial charge in [0.15, 0.2) is 0 Å². The van der Waals surface area contributed by atoms with Crippen LogP contribution in [0.2, 0.25) is 10.0 Å². The highest BCUT2D eigenvalue weighted by Crippen LogP contribution is 2.36. The van der Waals surface area contributed by atoms with Crippen LogP contribution in [-0.4, -0.2) is 26.8 Å². The van der Waals surface area contributed by atoms with Gasteiger partial charge in [0.25, 0.3) is 0 Å². The number of ether oxygens (including phenoxy) is 2. The number of anilines is 1. The summed E-state index contributed by atoms with van der Waals surface area (Å²) in [6.07, 6.45) is 1.21. The molecule has 1 aliphatic rings. The van der Waals surface area contributed by atoms with Crippen LogP contribution in [-0.2, 0) is 16.1 Å². The lowest BCUT2D eigenvalue weighted by Gasteiger charge is -2.28. The summed E-state index contributed by atoms with van der Waals surface area (Å²) in [6, 6.07) is 12.3. The number of hydrogen-bond acceptors (Lipinski definition) is 6. The number of hydrogen-bond donors (Lipinski definition) is 1. The van der Waals surface area contributed by atoms with Crippen LogP contribution in [0.1, 0.15) is 37.9 Å². The first-order valence-corrected chi connectivity index (χ1v) is 10.8. The highest BCUT2D eigenvalue weighted by Gasteiger charge is 2.34. The highest BCUT2D eigenvalue weighted by molar-refractivity contribution is 6.35. The van der Waals surface area contributed by atoms with Gasteiger partial charge in [-0.1, -0.05) is 41.4 Å². The second-order valence-corrected chi connectivity index (χ2v) is 8.49. The maximum Gasteiger partial charge on any atom is 0.338 e. The third kappa shape index (κ3) is 4.59. The van der Waals surface area contributed by atoms with Gasteiger partial charge in [0.2, 0.25) is 5.95 Å². The SMILES string of the molecule is CC1=C(C(=O)OC(C)C)C(c2ccc(OCc3ccc(Cl)cc3Cl)cc2)n2ncnc2N1. The first kappa shape index (κ1) is 22.2. The van der Waals surface area contributed by atoms with Gasteiger partial charge in [0.1, 0.15) is 24.7 Å². The van der Waals surface area contributed by atoms with Crippen LogP contribution in [0.3, 0.4) is 0 Å². The number of carbonyl (C=O) groups is 1. The molecule has 2 heterocycles. The largest absolute Gasteiger partial charge is 0.489 e. The molecule has 0 fully saturated rings. The zero-order valence-electron chi connectivity index (χ0n) is 17.8. The molecule has 1 unspecified atom stereocenters. The summed E-state index contributed by atoms with van der Waals surface area (Å²) in [7, 11) is 0. The number of benzene rings is 2. The van der Waals surface area contributed by atoms with Crippen molar-refractivity contribution < 1.29 is 14.3 Å². The Bertz CT molecular complexity index is 1170. The van der Waals surface area contributed by atoms with E-state index < -0.39 is 12.0 Å². The normalized spacial score (nSPS) is 15.4. The monoisotopic (exact) mass is 472 g/mol. The number of rotatable bonds is 6. The maximum atomic E-state index is 12.9. The molecular formula is C23H22Cl2N4O3. The van der Waals surface area contributed by atoms with E-state index in [1.54, 1.807) is 16.8 Å². The number of nitrogens with one attached hydrogen (secondary N) is 1. The number of halogens is 2. The van der Waals surface area contributed by atoms with Crippen LogP contribution >= 0.6 is 23.2 Å². The number of nitrogens with zero attached hydrogens (tertiary/aromatic N) is 3. The molecule has 2 aromatic carbocycles. The van der Waals surface area contributed by atoms with Crippen molar-refractivity contribution in [2.45, 2.75) is 39.5 Å². The molecule has 3 aromatic rings. The molecule has 0 aliphatic carbocycles.